The third-order valence-corrected chi connectivity index (χ3v) is 3.44. The molecule has 19 heavy (non-hydrogen) atoms. The van der Waals surface area contributed by atoms with Gasteiger partial charge in [0.25, 0.3) is 0 Å². The van der Waals surface area contributed by atoms with Crippen molar-refractivity contribution in [3.63, 3.8) is 0 Å². The van der Waals surface area contributed by atoms with Crippen molar-refractivity contribution >= 4 is 11.8 Å². The Balaban J connectivity index is 1.97. The minimum Gasteiger partial charge on any atom is -0.393 e. The monoisotopic (exact) mass is 264 g/mol. The normalized spacial score (nSPS) is 23.1. The maximum atomic E-state index is 9.51. The summed E-state index contributed by atoms with van der Waals surface area (Å²) in [7, 11) is 0. The average Bonchev–Trinajstić information content (AvgIpc) is 2.38. The molecular weight excluding hydrogens is 240 g/mol. The Hall–Kier alpha value is -1.36. The van der Waals surface area contributed by atoms with Gasteiger partial charge in [0.05, 0.1) is 6.10 Å². The van der Waals surface area contributed by atoms with E-state index in [9.17, 15) is 5.11 Å². The highest BCUT2D eigenvalue weighted by molar-refractivity contribution is 5.42. The second kappa shape index (κ2) is 6.70. The zero-order chi connectivity index (χ0) is 13.7. The Bertz CT molecular complexity index is 402. The lowest BCUT2D eigenvalue weighted by Crippen LogP contribution is -2.29. The number of nitrogens with zero attached hydrogens (tertiary/aromatic N) is 2. The van der Waals surface area contributed by atoms with E-state index in [0.717, 1.165) is 50.2 Å². The van der Waals surface area contributed by atoms with Crippen molar-refractivity contribution in [3.05, 3.63) is 11.8 Å². The number of aryl methyl sites for hydroxylation is 1. The fourth-order valence-electron chi connectivity index (χ4n) is 2.38. The first-order chi connectivity index (χ1) is 9.17. The van der Waals surface area contributed by atoms with E-state index in [4.69, 9.17) is 0 Å². The summed E-state index contributed by atoms with van der Waals surface area (Å²) in [6.45, 7) is 5.04. The lowest BCUT2D eigenvalue weighted by molar-refractivity contribution is 0.126. The minimum atomic E-state index is -0.127. The van der Waals surface area contributed by atoms with Crippen molar-refractivity contribution in [2.75, 3.05) is 17.2 Å². The van der Waals surface area contributed by atoms with Crippen LogP contribution in [0.3, 0.4) is 0 Å². The summed E-state index contributed by atoms with van der Waals surface area (Å²) in [5.74, 6) is 1.58. The number of nitrogens with one attached hydrogen (secondary N) is 2. The van der Waals surface area contributed by atoms with Gasteiger partial charge >= 0.3 is 0 Å². The Morgan fingerprint density at radius 3 is 2.68 bits per heavy atom. The SMILES string of the molecule is CCCNc1cc(C)nc(NC2CCC(O)CC2)n1. The van der Waals surface area contributed by atoms with Crippen LogP contribution in [-0.4, -0.2) is 33.8 Å². The van der Waals surface area contributed by atoms with Gasteiger partial charge in [0, 0.05) is 24.3 Å². The predicted molar refractivity (Wildman–Crippen MR) is 77.4 cm³/mol. The van der Waals surface area contributed by atoms with Crippen LogP contribution in [0.15, 0.2) is 6.07 Å². The van der Waals surface area contributed by atoms with E-state index in [2.05, 4.69) is 27.5 Å². The molecule has 1 aliphatic rings. The van der Waals surface area contributed by atoms with Crippen LogP contribution in [0.4, 0.5) is 11.8 Å². The van der Waals surface area contributed by atoms with E-state index in [1.54, 1.807) is 0 Å². The number of aliphatic hydroxyl groups excluding tert-OH is 1. The van der Waals surface area contributed by atoms with Crippen LogP contribution < -0.4 is 10.6 Å². The number of aliphatic hydroxyl groups is 1. The van der Waals surface area contributed by atoms with Gasteiger partial charge in [0.2, 0.25) is 5.95 Å². The summed E-state index contributed by atoms with van der Waals surface area (Å²) < 4.78 is 0. The molecule has 0 saturated heterocycles. The highest BCUT2D eigenvalue weighted by Gasteiger charge is 2.19. The van der Waals surface area contributed by atoms with E-state index >= 15 is 0 Å². The third-order valence-electron chi connectivity index (χ3n) is 3.44. The zero-order valence-corrected chi connectivity index (χ0v) is 11.8. The van der Waals surface area contributed by atoms with Crippen LogP contribution in [0, 0.1) is 6.92 Å². The van der Waals surface area contributed by atoms with Gasteiger partial charge in [-0.3, -0.25) is 0 Å². The number of rotatable bonds is 5. The standard InChI is InChI=1S/C14H24N4O/c1-3-8-15-13-9-10(2)16-14(18-13)17-11-4-6-12(19)7-5-11/h9,11-12,19H,3-8H2,1-2H3,(H2,15,16,17,18). The topological polar surface area (TPSA) is 70.1 Å². The molecule has 106 valence electrons. The largest absolute Gasteiger partial charge is 0.393 e. The predicted octanol–water partition coefficient (Wildman–Crippen LogP) is 2.32. The van der Waals surface area contributed by atoms with Gasteiger partial charge in [-0.15, -0.1) is 0 Å². The number of hydrogen-bond donors (Lipinski definition) is 3. The van der Waals surface area contributed by atoms with Crippen LogP contribution >= 0.6 is 0 Å². The van der Waals surface area contributed by atoms with E-state index in [-0.39, 0.29) is 6.10 Å². The van der Waals surface area contributed by atoms with Crippen molar-refractivity contribution in [2.45, 2.75) is 58.1 Å². The first-order valence-corrected chi connectivity index (χ1v) is 7.21. The van der Waals surface area contributed by atoms with Crippen molar-refractivity contribution in [1.82, 2.24) is 9.97 Å². The smallest absolute Gasteiger partial charge is 0.225 e. The lowest BCUT2D eigenvalue weighted by Gasteiger charge is -2.26. The van der Waals surface area contributed by atoms with Crippen molar-refractivity contribution < 1.29 is 5.11 Å². The Morgan fingerprint density at radius 1 is 1.26 bits per heavy atom. The molecule has 0 atom stereocenters. The van der Waals surface area contributed by atoms with Crippen LogP contribution in [-0.2, 0) is 0 Å². The molecule has 0 amide bonds. The average molecular weight is 264 g/mol. The maximum absolute atomic E-state index is 9.51. The molecule has 1 aromatic rings. The molecule has 1 saturated carbocycles. The fraction of sp³-hybridized carbons (Fsp3) is 0.714. The number of anilines is 2. The Labute approximate surface area is 114 Å². The molecule has 5 nitrogen and oxygen atoms in total. The van der Waals surface area contributed by atoms with E-state index in [0.29, 0.717) is 12.0 Å². The van der Waals surface area contributed by atoms with Crippen LogP contribution in [0.25, 0.3) is 0 Å². The van der Waals surface area contributed by atoms with E-state index in [1.165, 1.54) is 0 Å². The Morgan fingerprint density at radius 2 is 2.00 bits per heavy atom. The molecule has 1 heterocycles. The van der Waals surface area contributed by atoms with Gasteiger partial charge < -0.3 is 15.7 Å². The maximum Gasteiger partial charge on any atom is 0.225 e. The third kappa shape index (κ3) is 4.35. The molecule has 0 aliphatic heterocycles. The molecule has 0 bridgehead atoms. The lowest BCUT2D eigenvalue weighted by atomic mass is 9.93. The first-order valence-electron chi connectivity index (χ1n) is 7.21. The summed E-state index contributed by atoms with van der Waals surface area (Å²) in [6.07, 6.45) is 4.64. The molecule has 1 aromatic heterocycles. The minimum absolute atomic E-state index is 0.127. The Kier molecular flexibility index (Phi) is 4.96. The second-order valence-corrected chi connectivity index (χ2v) is 5.29. The van der Waals surface area contributed by atoms with Crippen molar-refractivity contribution in [3.8, 4) is 0 Å². The van der Waals surface area contributed by atoms with E-state index in [1.807, 2.05) is 13.0 Å². The molecule has 1 aliphatic carbocycles. The quantitative estimate of drug-likeness (QED) is 0.761. The summed E-state index contributed by atoms with van der Waals surface area (Å²) in [4.78, 5) is 8.92. The summed E-state index contributed by atoms with van der Waals surface area (Å²) in [6, 6.07) is 2.34. The molecule has 2 rings (SSSR count). The van der Waals surface area contributed by atoms with E-state index < -0.39 is 0 Å². The zero-order valence-electron chi connectivity index (χ0n) is 11.8. The highest BCUT2D eigenvalue weighted by Crippen LogP contribution is 2.21. The van der Waals surface area contributed by atoms with Crippen molar-refractivity contribution in [2.24, 2.45) is 0 Å². The van der Waals surface area contributed by atoms with Gasteiger partial charge in [-0.25, -0.2) is 4.98 Å². The van der Waals surface area contributed by atoms with Crippen LogP contribution in [0.1, 0.15) is 44.7 Å². The molecule has 0 aromatic carbocycles. The molecule has 0 unspecified atom stereocenters. The molecular formula is C14H24N4O. The first kappa shape index (κ1) is 14.1. The molecule has 0 spiro atoms. The fourth-order valence-corrected chi connectivity index (χ4v) is 2.38. The highest BCUT2D eigenvalue weighted by atomic mass is 16.3. The van der Waals surface area contributed by atoms with Gasteiger partial charge in [0.15, 0.2) is 0 Å². The molecule has 5 heteroatoms. The summed E-state index contributed by atoms with van der Waals surface area (Å²) in [5.41, 5.74) is 0.965. The van der Waals surface area contributed by atoms with Gasteiger partial charge in [0.1, 0.15) is 5.82 Å². The van der Waals surface area contributed by atoms with Crippen LogP contribution in [0.5, 0.6) is 0 Å². The van der Waals surface area contributed by atoms with Crippen LogP contribution in [0.2, 0.25) is 0 Å². The molecule has 1 fully saturated rings. The van der Waals surface area contributed by atoms with Gasteiger partial charge in [-0.1, -0.05) is 6.92 Å². The van der Waals surface area contributed by atoms with Crippen molar-refractivity contribution in [1.29, 1.82) is 0 Å². The number of aromatic nitrogens is 2. The summed E-state index contributed by atoms with van der Waals surface area (Å²) >= 11 is 0. The molecule has 0 radical (unpaired) electrons. The summed E-state index contributed by atoms with van der Waals surface area (Å²) in [5, 5.41) is 16.2. The van der Waals surface area contributed by atoms with Gasteiger partial charge in [-0.05, 0) is 39.0 Å². The molecule has 3 N–H and O–H groups in total. The van der Waals surface area contributed by atoms with Gasteiger partial charge in [-0.2, -0.15) is 4.98 Å². The number of hydrogen-bond acceptors (Lipinski definition) is 5. The second-order valence-electron chi connectivity index (χ2n) is 5.29.